The highest BCUT2D eigenvalue weighted by Crippen LogP contribution is 2.24. The number of fused-ring (bicyclic) bond motifs is 1. The molecule has 7 nitrogen and oxygen atoms in total. The molecule has 1 aliphatic rings. The Hall–Kier alpha value is -3.19. The average molecular weight is 382 g/mol. The molecule has 146 valence electrons. The van der Waals surface area contributed by atoms with E-state index in [1.54, 1.807) is 45.0 Å². The molecule has 0 fully saturated rings. The lowest BCUT2D eigenvalue weighted by atomic mass is 10.1. The zero-order chi connectivity index (χ0) is 20.3. The predicted octanol–water partition coefficient (Wildman–Crippen LogP) is 3.48. The number of carbonyl (C=O) groups is 3. The normalized spacial score (nSPS) is 14.6. The summed E-state index contributed by atoms with van der Waals surface area (Å²) in [5.74, 6) is -1.05. The van der Waals surface area contributed by atoms with Gasteiger partial charge in [0.2, 0.25) is 0 Å². The molecule has 0 saturated heterocycles. The Morgan fingerprint density at radius 2 is 1.50 bits per heavy atom. The smallest absolute Gasteiger partial charge is 0.408 e. The Balaban J connectivity index is 1.73. The highest BCUT2D eigenvalue weighted by Gasteiger charge is 2.37. The van der Waals surface area contributed by atoms with Crippen molar-refractivity contribution in [2.24, 2.45) is 0 Å². The number of rotatable bonds is 5. The van der Waals surface area contributed by atoms with Gasteiger partial charge in [0.25, 0.3) is 11.8 Å². The summed E-state index contributed by atoms with van der Waals surface area (Å²) in [7, 11) is 0. The molecule has 0 radical (unpaired) electrons. The number of nitrogens with zero attached hydrogens (tertiary/aromatic N) is 1. The molecule has 2 aromatic carbocycles. The maximum absolute atomic E-state index is 12.4. The predicted molar refractivity (Wildman–Crippen MR) is 101 cm³/mol. The van der Waals surface area contributed by atoms with Crippen molar-refractivity contribution in [2.45, 2.75) is 32.4 Å². The second-order valence-electron chi connectivity index (χ2n) is 7.36. The first kappa shape index (κ1) is 19.6. The Kier molecular flexibility index (Phi) is 5.46. The topological polar surface area (TPSA) is 84.9 Å². The van der Waals surface area contributed by atoms with Gasteiger partial charge in [-0.15, -0.1) is 5.06 Å². The van der Waals surface area contributed by atoms with Crippen molar-refractivity contribution in [2.75, 3.05) is 6.61 Å². The summed E-state index contributed by atoms with van der Waals surface area (Å²) in [6.45, 7) is 5.17. The molecule has 1 heterocycles. The van der Waals surface area contributed by atoms with Crippen LogP contribution in [0, 0.1) is 0 Å². The highest BCUT2D eigenvalue weighted by molar-refractivity contribution is 6.20. The lowest BCUT2D eigenvalue weighted by Gasteiger charge is -2.25. The first-order valence-electron chi connectivity index (χ1n) is 8.91. The molecule has 1 aliphatic heterocycles. The van der Waals surface area contributed by atoms with E-state index in [1.165, 1.54) is 0 Å². The van der Waals surface area contributed by atoms with Gasteiger partial charge in [0, 0.05) is 0 Å². The summed E-state index contributed by atoms with van der Waals surface area (Å²) in [6.07, 6.45) is -0.618. The molecular formula is C21H22N2O5. The summed E-state index contributed by atoms with van der Waals surface area (Å²) < 4.78 is 5.30. The third kappa shape index (κ3) is 4.37. The van der Waals surface area contributed by atoms with Crippen LogP contribution in [0.1, 0.15) is 53.1 Å². The van der Waals surface area contributed by atoms with Crippen LogP contribution in [-0.2, 0) is 9.57 Å². The van der Waals surface area contributed by atoms with Crippen molar-refractivity contribution in [3.63, 3.8) is 0 Å². The van der Waals surface area contributed by atoms with Crippen LogP contribution < -0.4 is 5.32 Å². The van der Waals surface area contributed by atoms with Crippen LogP contribution >= 0.6 is 0 Å². The van der Waals surface area contributed by atoms with Crippen molar-refractivity contribution in [3.8, 4) is 0 Å². The standard InChI is InChI=1S/C21H22N2O5/c1-21(2,3)28-20(26)22-17(14-9-5-4-6-10-14)13-27-23-18(24)15-11-7-8-12-16(15)19(23)25/h4-12,17H,13H2,1-3H3,(H,22,26)/t17-/m1/s1. The minimum absolute atomic E-state index is 0.116. The summed E-state index contributed by atoms with van der Waals surface area (Å²) in [6, 6.07) is 15.0. The molecule has 1 N–H and O–H groups in total. The largest absolute Gasteiger partial charge is 0.444 e. The number of hydrogen-bond donors (Lipinski definition) is 1. The van der Waals surface area contributed by atoms with Gasteiger partial charge in [-0.05, 0) is 38.5 Å². The Labute approximate surface area is 163 Å². The van der Waals surface area contributed by atoms with E-state index in [0.29, 0.717) is 11.1 Å². The average Bonchev–Trinajstić information content (AvgIpc) is 2.89. The number of alkyl carbamates (subject to hydrolysis) is 1. The zero-order valence-corrected chi connectivity index (χ0v) is 16.0. The van der Waals surface area contributed by atoms with Gasteiger partial charge in [-0.2, -0.15) is 0 Å². The molecule has 3 rings (SSSR count). The minimum atomic E-state index is -0.658. The highest BCUT2D eigenvalue weighted by atomic mass is 16.7. The fourth-order valence-electron chi connectivity index (χ4n) is 2.79. The molecule has 1 atom stereocenters. The molecule has 7 heteroatoms. The first-order valence-corrected chi connectivity index (χ1v) is 8.91. The molecule has 0 aliphatic carbocycles. The van der Waals surface area contributed by atoms with E-state index in [4.69, 9.17) is 9.57 Å². The number of ether oxygens (including phenoxy) is 1. The minimum Gasteiger partial charge on any atom is -0.444 e. The first-order chi connectivity index (χ1) is 13.3. The number of nitrogens with one attached hydrogen (secondary N) is 1. The quantitative estimate of drug-likeness (QED) is 0.801. The summed E-state index contributed by atoms with van der Waals surface area (Å²) in [4.78, 5) is 42.6. The van der Waals surface area contributed by atoms with Gasteiger partial charge >= 0.3 is 6.09 Å². The Morgan fingerprint density at radius 1 is 0.964 bits per heavy atom. The SMILES string of the molecule is CC(C)(C)OC(=O)N[C@H](CON1C(=O)c2ccccc2C1=O)c1ccccc1. The molecule has 0 aromatic heterocycles. The second kappa shape index (κ2) is 7.82. The van der Waals surface area contributed by atoms with Crippen molar-refractivity contribution in [1.29, 1.82) is 0 Å². The van der Waals surface area contributed by atoms with E-state index in [9.17, 15) is 14.4 Å². The number of imide groups is 1. The summed E-state index contributed by atoms with van der Waals surface area (Å²) in [5.41, 5.74) is 0.687. The fourth-order valence-corrected chi connectivity index (χ4v) is 2.79. The van der Waals surface area contributed by atoms with Crippen LogP contribution in [0.4, 0.5) is 4.79 Å². The molecule has 2 aromatic rings. The molecule has 0 spiro atoms. The van der Waals surface area contributed by atoms with Crippen LogP contribution in [0.3, 0.4) is 0 Å². The maximum Gasteiger partial charge on any atom is 0.408 e. The van der Waals surface area contributed by atoms with Gasteiger partial charge < -0.3 is 10.1 Å². The number of amides is 3. The number of hydroxylamine groups is 2. The fraction of sp³-hybridized carbons (Fsp3) is 0.286. The van der Waals surface area contributed by atoms with Crippen molar-refractivity contribution in [3.05, 3.63) is 71.3 Å². The van der Waals surface area contributed by atoms with Gasteiger partial charge in [0.15, 0.2) is 0 Å². The summed E-state index contributed by atoms with van der Waals surface area (Å²) >= 11 is 0. The number of benzene rings is 2. The van der Waals surface area contributed by atoms with Gasteiger partial charge in [0.05, 0.1) is 17.2 Å². The van der Waals surface area contributed by atoms with E-state index < -0.39 is 29.6 Å². The lowest BCUT2D eigenvalue weighted by Crippen LogP contribution is -2.39. The van der Waals surface area contributed by atoms with Crippen LogP contribution in [0.15, 0.2) is 54.6 Å². The number of hydrogen-bond acceptors (Lipinski definition) is 5. The summed E-state index contributed by atoms with van der Waals surface area (Å²) in [5, 5.41) is 3.46. The second-order valence-corrected chi connectivity index (χ2v) is 7.36. The van der Waals surface area contributed by atoms with Crippen LogP contribution in [0.5, 0.6) is 0 Å². The van der Waals surface area contributed by atoms with Crippen LogP contribution in [0.25, 0.3) is 0 Å². The van der Waals surface area contributed by atoms with E-state index in [1.807, 2.05) is 30.3 Å². The molecule has 0 unspecified atom stereocenters. The Bertz CT molecular complexity index is 854. The Morgan fingerprint density at radius 3 is 2.04 bits per heavy atom. The van der Waals surface area contributed by atoms with Gasteiger partial charge in [-0.1, -0.05) is 42.5 Å². The van der Waals surface area contributed by atoms with Gasteiger partial charge in [0.1, 0.15) is 12.2 Å². The van der Waals surface area contributed by atoms with E-state index >= 15 is 0 Å². The van der Waals surface area contributed by atoms with Crippen molar-refractivity contribution >= 4 is 17.9 Å². The molecule has 28 heavy (non-hydrogen) atoms. The molecule has 0 saturated carbocycles. The van der Waals surface area contributed by atoms with Crippen LogP contribution in [0.2, 0.25) is 0 Å². The maximum atomic E-state index is 12.4. The van der Waals surface area contributed by atoms with Crippen LogP contribution in [-0.4, -0.2) is 35.2 Å². The van der Waals surface area contributed by atoms with E-state index in [-0.39, 0.29) is 6.61 Å². The van der Waals surface area contributed by atoms with E-state index in [0.717, 1.165) is 10.6 Å². The van der Waals surface area contributed by atoms with Gasteiger partial charge in [-0.3, -0.25) is 14.4 Å². The molecule has 0 bridgehead atoms. The third-order valence-corrected chi connectivity index (χ3v) is 4.02. The van der Waals surface area contributed by atoms with Gasteiger partial charge in [-0.25, -0.2) is 4.79 Å². The number of carbonyl (C=O) groups excluding carboxylic acids is 3. The monoisotopic (exact) mass is 382 g/mol. The lowest BCUT2D eigenvalue weighted by molar-refractivity contribution is -0.0980. The van der Waals surface area contributed by atoms with Crippen molar-refractivity contribution < 1.29 is 24.0 Å². The zero-order valence-electron chi connectivity index (χ0n) is 16.0. The molecular weight excluding hydrogens is 360 g/mol. The molecule has 3 amide bonds. The third-order valence-electron chi connectivity index (χ3n) is 4.02. The van der Waals surface area contributed by atoms with E-state index in [2.05, 4.69) is 5.32 Å². The van der Waals surface area contributed by atoms with Crippen molar-refractivity contribution in [1.82, 2.24) is 10.4 Å².